The maximum Gasteiger partial charge on any atom is 0.138 e. The molecule has 0 amide bonds. The molecule has 0 saturated carbocycles. The van der Waals surface area contributed by atoms with E-state index in [0.29, 0.717) is 6.42 Å². The van der Waals surface area contributed by atoms with Crippen molar-refractivity contribution in [3.63, 3.8) is 0 Å². The predicted molar refractivity (Wildman–Crippen MR) is 45.4 cm³/mol. The molecule has 11 heavy (non-hydrogen) atoms. The van der Waals surface area contributed by atoms with Crippen LogP contribution in [0.5, 0.6) is 0 Å². The molecule has 0 saturated heterocycles. The van der Waals surface area contributed by atoms with Gasteiger partial charge in [0.25, 0.3) is 0 Å². The van der Waals surface area contributed by atoms with Crippen LogP contribution in [-0.2, 0) is 4.79 Å². The minimum absolute atomic E-state index is 0.0205. The predicted octanol–water partition coefficient (Wildman–Crippen LogP) is 1.76. The van der Waals surface area contributed by atoms with Crippen molar-refractivity contribution in [2.75, 3.05) is 6.61 Å². The van der Waals surface area contributed by atoms with Crippen molar-refractivity contribution < 1.29 is 9.90 Å². The highest BCUT2D eigenvalue weighted by atomic mass is 16.3. The highest BCUT2D eigenvalue weighted by molar-refractivity contribution is 5.80. The van der Waals surface area contributed by atoms with E-state index in [-0.39, 0.29) is 18.3 Å². The summed E-state index contributed by atoms with van der Waals surface area (Å²) >= 11 is 0. The molecule has 1 unspecified atom stereocenters. The smallest absolute Gasteiger partial charge is 0.138 e. The number of aliphatic hydroxyl groups excluding tert-OH is 1. The molecular formula is C9H18O2. The summed E-state index contributed by atoms with van der Waals surface area (Å²) < 4.78 is 0. The second kappa shape index (κ2) is 6.35. The van der Waals surface area contributed by atoms with Gasteiger partial charge in [-0.2, -0.15) is 0 Å². The van der Waals surface area contributed by atoms with Crippen LogP contribution in [0.3, 0.4) is 0 Å². The largest absolute Gasteiger partial charge is 0.396 e. The van der Waals surface area contributed by atoms with Gasteiger partial charge in [-0.3, -0.25) is 4.79 Å². The topological polar surface area (TPSA) is 37.3 Å². The Bertz CT molecular complexity index is 110. The summed E-state index contributed by atoms with van der Waals surface area (Å²) in [6, 6.07) is 0. The second-order valence-corrected chi connectivity index (χ2v) is 2.88. The first-order valence-corrected chi connectivity index (χ1v) is 4.39. The van der Waals surface area contributed by atoms with Gasteiger partial charge in [0.2, 0.25) is 0 Å². The summed E-state index contributed by atoms with van der Waals surface area (Å²) in [6.07, 6.45) is 3.31. The quantitative estimate of drug-likeness (QED) is 0.639. The van der Waals surface area contributed by atoms with Crippen LogP contribution < -0.4 is 0 Å². The van der Waals surface area contributed by atoms with E-state index >= 15 is 0 Å². The molecule has 1 N–H and O–H groups in total. The molecule has 2 heteroatoms. The summed E-state index contributed by atoms with van der Waals surface area (Å²) in [5.74, 6) is 0.122. The molecule has 1 atom stereocenters. The minimum atomic E-state index is -0.0973. The zero-order chi connectivity index (χ0) is 8.69. The van der Waals surface area contributed by atoms with Crippen LogP contribution in [0.1, 0.15) is 39.5 Å². The fraction of sp³-hybridized carbons (Fsp3) is 0.889. The third kappa shape index (κ3) is 4.14. The Morgan fingerprint density at radius 2 is 2.00 bits per heavy atom. The number of Topliss-reactive ketones (excluding diaryl/α,β-unsaturated/α-hetero) is 1. The lowest BCUT2D eigenvalue weighted by Gasteiger charge is -2.10. The SMILES string of the molecule is CCCC(=O)C(CO)CCC. The van der Waals surface area contributed by atoms with Gasteiger partial charge in [-0.1, -0.05) is 20.3 Å². The Balaban J connectivity index is 3.71. The van der Waals surface area contributed by atoms with Gasteiger partial charge in [0, 0.05) is 12.3 Å². The number of hydrogen-bond acceptors (Lipinski definition) is 2. The minimum Gasteiger partial charge on any atom is -0.396 e. The van der Waals surface area contributed by atoms with Gasteiger partial charge in [-0.25, -0.2) is 0 Å². The summed E-state index contributed by atoms with van der Waals surface area (Å²) in [7, 11) is 0. The molecule has 0 aromatic heterocycles. The molecule has 0 bridgehead atoms. The number of aliphatic hydroxyl groups is 1. The van der Waals surface area contributed by atoms with Gasteiger partial charge in [-0.15, -0.1) is 0 Å². The number of carbonyl (C=O) groups excluding carboxylic acids is 1. The Morgan fingerprint density at radius 1 is 1.36 bits per heavy atom. The molecule has 0 rings (SSSR count). The van der Waals surface area contributed by atoms with Crippen LogP contribution in [-0.4, -0.2) is 17.5 Å². The molecule has 0 fully saturated rings. The highest BCUT2D eigenvalue weighted by Crippen LogP contribution is 2.09. The summed E-state index contributed by atoms with van der Waals surface area (Å²) in [5, 5.41) is 8.83. The van der Waals surface area contributed by atoms with Crippen LogP contribution in [0.4, 0.5) is 0 Å². The molecular weight excluding hydrogens is 140 g/mol. The monoisotopic (exact) mass is 158 g/mol. The van der Waals surface area contributed by atoms with Crippen molar-refractivity contribution in [1.82, 2.24) is 0 Å². The van der Waals surface area contributed by atoms with Crippen LogP contribution in [0, 0.1) is 5.92 Å². The molecule has 0 aromatic carbocycles. The van der Waals surface area contributed by atoms with Gasteiger partial charge < -0.3 is 5.11 Å². The van der Waals surface area contributed by atoms with Crippen LogP contribution >= 0.6 is 0 Å². The lowest BCUT2D eigenvalue weighted by atomic mass is 9.97. The number of ketones is 1. The molecule has 0 aliphatic rings. The summed E-state index contributed by atoms with van der Waals surface area (Å²) in [6.45, 7) is 4.03. The Hall–Kier alpha value is -0.370. The van der Waals surface area contributed by atoms with Crippen molar-refractivity contribution in [3.05, 3.63) is 0 Å². The average Bonchev–Trinajstić information content (AvgIpc) is 2.00. The highest BCUT2D eigenvalue weighted by Gasteiger charge is 2.14. The third-order valence-electron chi connectivity index (χ3n) is 1.81. The third-order valence-corrected chi connectivity index (χ3v) is 1.81. The standard InChI is InChI=1S/C9H18O2/c1-3-5-8(7-10)9(11)6-4-2/h8,10H,3-7H2,1-2H3. The van der Waals surface area contributed by atoms with E-state index in [1.54, 1.807) is 0 Å². The molecule has 0 heterocycles. The zero-order valence-corrected chi connectivity index (χ0v) is 7.47. The van der Waals surface area contributed by atoms with E-state index < -0.39 is 0 Å². The number of carbonyl (C=O) groups is 1. The molecule has 66 valence electrons. The van der Waals surface area contributed by atoms with Crippen molar-refractivity contribution in [2.24, 2.45) is 5.92 Å². The lowest BCUT2D eigenvalue weighted by molar-refractivity contribution is -0.124. The van der Waals surface area contributed by atoms with E-state index in [0.717, 1.165) is 19.3 Å². The van der Waals surface area contributed by atoms with Gasteiger partial charge in [-0.05, 0) is 12.8 Å². The average molecular weight is 158 g/mol. The van der Waals surface area contributed by atoms with E-state index in [4.69, 9.17) is 5.11 Å². The lowest BCUT2D eigenvalue weighted by Crippen LogP contribution is -2.17. The Kier molecular flexibility index (Phi) is 6.13. The number of rotatable bonds is 6. The fourth-order valence-corrected chi connectivity index (χ4v) is 1.15. The van der Waals surface area contributed by atoms with E-state index in [1.807, 2.05) is 13.8 Å². The van der Waals surface area contributed by atoms with Crippen LogP contribution in [0.15, 0.2) is 0 Å². The first kappa shape index (κ1) is 10.6. The molecule has 0 aliphatic carbocycles. The first-order valence-electron chi connectivity index (χ1n) is 4.39. The van der Waals surface area contributed by atoms with Crippen molar-refractivity contribution in [3.8, 4) is 0 Å². The molecule has 0 radical (unpaired) electrons. The van der Waals surface area contributed by atoms with E-state index in [2.05, 4.69) is 0 Å². The van der Waals surface area contributed by atoms with E-state index in [1.165, 1.54) is 0 Å². The summed E-state index contributed by atoms with van der Waals surface area (Å²) in [5.41, 5.74) is 0. The fourth-order valence-electron chi connectivity index (χ4n) is 1.15. The van der Waals surface area contributed by atoms with Gasteiger partial charge >= 0.3 is 0 Å². The van der Waals surface area contributed by atoms with Crippen molar-refractivity contribution >= 4 is 5.78 Å². The zero-order valence-electron chi connectivity index (χ0n) is 7.47. The normalized spacial score (nSPS) is 13.0. The first-order chi connectivity index (χ1) is 5.26. The molecule has 0 aromatic rings. The molecule has 0 spiro atoms. The Morgan fingerprint density at radius 3 is 2.36 bits per heavy atom. The Labute approximate surface area is 68.6 Å². The van der Waals surface area contributed by atoms with Crippen LogP contribution in [0.2, 0.25) is 0 Å². The second-order valence-electron chi connectivity index (χ2n) is 2.88. The maximum absolute atomic E-state index is 11.2. The van der Waals surface area contributed by atoms with Crippen molar-refractivity contribution in [1.29, 1.82) is 0 Å². The van der Waals surface area contributed by atoms with Crippen molar-refractivity contribution in [2.45, 2.75) is 39.5 Å². The molecule has 0 aliphatic heterocycles. The van der Waals surface area contributed by atoms with Gasteiger partial charge in [0.1, 0.15) is 5.78 Å². The number of hydrogen-bond donors (Lipinski definition) is 1. The molecule has 2 nitrogen and oxygen atoms in total. The van der Waals surface area contributed by atoms with Crippen LogP contribution in [0.25, 0.3) is 0 Å². The van der Waals surface area contributed by atoms with Gasteiger partial charge in [0.05, 0.1) is 6.61 Å². The summed E-state index contributed by atoms with van der Waals surface area (Å²) in [4.78, 5) is 11.2. The van der Waals surface area contributed by atoms with E-state index in [9.17, 15) is 4.79 Å². The maximum atomic E-state index is 11.2. The van der Waals surface area contributed by atoms with Gasteiger partial charge in [0.15, 0.2) is 0 Å².